The number of hydrogen-bond acceptors (Lipinski definition) is 7. The van der Waals surface area contributed by atoms with Crippen molar-refractivity contribution in [1.82, 2.24) is 19.0 Å². The molecule has 0 unspecified atom stereocenters. The largest absolute Gasteiger partial charge is 0.379 e. The Hall–Kier alpha value is -2.60. The number of nitrogens with zero attached hydrogens (tertiary/aromatic N) is 3. The summed E-state index contributed by atoms with van der Waals surface area (Å²) in [7, 11) is -3.59. The van der Waals surface area contributed by atoms with Crippen LogP contribution in [-0.4, -0.2) is 60.9 Å². The molecule has 3 aromatic rings. The highest BCUT2D eigenvalue weighted by Crippen LogP contribution is 2.18. The van der Waals surface area contributed by atoms with Crippen LogP contribution in [0.5, 0.6) is 0 Å². The van der Waals surface area contributed by atoms with Crippen molar-refractivity contribution in [2.45, 2.75) is 18.2 Å². The molecule has 0 saturated carbocycles. The van der Waals surface area contributed by atoms with Crippen LogP contribution in [0.15, 0.2) is 45.4 Å². The Balaban J connectivity index is 1.39. The van der Waals surface area contributed by atoms with Crippen LogP contribution in [0, 0.1) is 6.92 Å². The zero-order chi connectivity index (χ0) is 22.0. The molecule has 3 heterocycles. The Labute approximate surface area is 183 Å². The van der Waals surface area contributed by atoms with Crippen LogP contribution in [0.4, 0.5) is 0 Å². The number of benzene rings is 1. The number of morpholine rings is 1. The van der Waals surface area contributed by atoms with Gasteiger partial charge in [0.15, 0.2) is 4.96 Å². The van der Waals surface area contributed by atoms with Crippen LogP contribution in [0.3, 0.4) is 0 Å². The Kier molecular flexibility index (Phi) is 6.19. The van der Waals surface area contributed by atoms with Crippen molar-refractivity contribution in [3.8, 4) is 0 Å². The molecule has 0 aliphatic carbocycles. The molecule has 0 bridgehead atoms. The molecular weight excluding hydrogens is 440 g/mol. The van der Waals surface area contributed by atoms with Crippen LogP contribution < -0.4 is 10.9 Å². The highest BCUT2D eigenvalue weighted by atomic mass is 32.2. The number of rotatable bonds is 6. The average Bonchev–Trinajstić information content (AvgIpc) is 3.17. The normalized spacial score (nSPS) is 15.3. The number of carbonyl (C=O) groups is 1. The second-order valence-corrected chi connectivity index (χ2v) is 9.90. The molecule has 1 aliphatic rings. The number of fused-ring (bicyclic) bond motifs is 1. The molecule has 2 aromatic heterocycles. The number of amides is 1. The van der Waals surface area contributed by atoms with E-state index in [1.807, 2.05) is 5.38 Å². The number of sulfonamides is 1. The van der Waals surface area contributed by atoms with Gasteiger partial charge in [0.05, 0.1) is 18.1 Å². The second-order valence-electron chi connectivity index (χ2n) is 7.13. The van der Waals surface area contributed by atoms with E-state index in [0.29, 0.717) is 55.5 Å². The van der Waals surface area contributed by atoms with Gasteiger partial charge in [-0.05, 0) is 31.2 Å². The third-order valence-corrected chi connectivity index (χ3v) is 7.78. The Morgan fingerprint density at radius 2 is 1.94 bits per heavy atom. The molecule has 1 N–H and O–H groups in total. The maximum absolute atomic E-state index is 12.7. The van der Waals surface area contributed by atoms with Gasteiger partial charge in [0.1, 0.15) is 0 Å². The van der Waals surface area contributed by atoms with Crippen molar-refractivity contribution in [2.75, 3.05) is 32.8 Å². The van der Waals surface area contributed by atoms with E-state index in [2.05, 4.69) is 10.3 Å². The lowest BCUT2D eigenvalue weighted by molar-refractivity contribution is 0.0730. The van der Waals surface area contributed by atoms with E-state index in [0.717, 1.165) is 5.69 Å². The summed E-state index contributed by atoms with van der Waals surface area (Å²) in [4.78, 5) is 29.8. The molecule has 1 amide bonds. The average molecular weight is 463 g/mol. The molecule has 9 nitrogen and oxygen atoms in total. The first-order valence-corrected chi connectivity index (χ1v) is 12.1. The number of nitrogens with one attached hydrogen (secondary N) is 1. The molecule has 1 fully saturated rings. The third-order valence-electron chi connectivity index (χ3n) is 4.99. The van der Waals surface area contributed by atoms with E-state index >= 15 is 0 Å². The molecule has 31 heavy (non-hydrogen) atoms. The number of thiazole rings is 1. The number of aryl methyl sites for hydroxylation is 1. The molecule has 0 spiro atoms. The molecule has 4 rings (SSSR count). The monoisotopic (exact) mass is 462 g/mol. The molecule has 1 saturated heterocycles. The number of carbonyl (C=O) groups excluding carboxylic acids is 1. The Bertz CT molecular complexity index is 1260. The van der Waals surface area contributed by atoms with Crippen molar-refractivity contribution in [3.63, 3.8) is 0 Å². The molecular formula is C20H22N4O5S2. The molecule has 164 valence electrons. The van der Waals surface area contributed by atoms with Gasteiger partial charge in [-0.15, -0.1) is 11.3 Å². The summed E-state index contributed by atoms with van der Waals surface area (Å²) in [5, 5.41) is 4.67. The van der Waals surface area contributed by atoms with E-state index in [9.17, 15) is 18.0 Å². The first-order chi connectivity index (χ1) is 14.9. The van der Waals surface area contributed by atoms with Gasteiger partial charge in [-0.3, -0.25) is 14.0 Å². The fourth-order valence-electron chi connectivity index (χ4n) is 3.38. The first-order valence-electron chi connectivity index (χ1n) is 9.79. The van der Waals surface area contributed by atoms with Crippen molar-refractivity contribution >= 4 is 32.2 Å². The topological polar surface area (TPSA) is 110 Å². The van der Waals surface area contributed by atoms with Gasteiger partial charge < -0.3 is 10.1 Å². The first kappa shape index (κ1) is 21.6. The van der Waals surface area contributed by atoms with Crippen LogP contribution in [-0.2, 0) is 21.2 Å². The van der Waals surface area contributed by atoms with Crippen molar-refractivity contribution in [3.05, 3.63) is 63.0 Å². The highest BCUT2D eigenvalue weighted by molar-refractivity contribution is 7.89. The van der Waals surface area contributed by atoms with Crippen molar-refractivity contribution in [1.29, 1.82) is 0 Å². The van der Waals surface area contributed by atoms with E-state index in [4.69, 9.17) is 4.74 Å². The zero-order valence-corrected chi connectivity index (χ0v) is 18.5. The van der Waals surface area contributed by atoms with Gasteiger partial charge in [0.2, 0.25) is 10.0 Å². The molecule has 11 heteroatoms. The molecule has 0 radical (unpaired) electrons. The quantitative estimate of drug-likeness (QED) is 0.587. The second kappa shape index (κ2) is 8.87. The summed E-state index contributed by atoms with van der Waals surface area (Å²) in [5.74, 6) is -0.309. The standard InChI is InChI=1S/C20H22N4O5S2/c1-14-12-18(25)24-16(13-30-20(24)22-14)6-7-21-19(26)15-2-4-17(5-3-15)31(27,28)23-8-10-29-11-9-23/h2-5,12-13H,6-11H2,1H3,(H,21,26). The Morgan fingerprint density at radius 3 is 2.65 bits per heavy atom. The van der Waals surface area contributed by atoms with Crippen LogP contribution in [0.1, 0.15) is 21.7 Å². The summed E-state index contributed by atoms with van der Waals surface area (Å²) in [6, 6.07) is 7.37. The molecule has 1 aliphatic heterocycles. The lowest BCUT2D eigenvalue weighted by Gasteiger charge is -2.26. The van der Waals surface area contributed by atoms with Gasteiger partial charge >= 0.3 is 0 Å². The maximum atomic E-state index is 12.7. The van der Waals surface area contributed by atoms with Crippen LogP contribution >= 0.6 is 11.3 Å². The number of hydrogen-bond donors (Lipinski definition) is 1. The number of ether oxygens (including phenoxy) is 1. The summed E-state index contributed by atoms with van der Waals surface area (Å²) in [6.07, 6.45) is 0.472. The van der Waals surface area contributed by atoms with Crippen LogP contribution in [0.2, 0.25) is 0 Å². The minimum Gasteiger partial charge on any atom is -0.379 e. The molecule has 1 aromatic carbocycles. The summed E-state index contributed by atoms with van der Waals surface area (Å²) in [6.45, 7) is 3.50. The van der Waals surface area contributed by atoms with E-state index in [1.54, 1.807) is 11.3 Å². The summed E-state index contributed by atoms with van der Waals surface area (Å²) < 4.78 is 33.5. The Morgan fingerprint density at radius 1 is 1.23 bits per heavy atom. The van der Waals surface area contributed by atoms with Crippen molar-refractivity contribution in [2.24, 2.45) is 0 Å². The van der Waals surface area contributed by atoms with Gasteiger partial charge in [-0.1, -0.05) is 0 Å². The van der Waals surface area contributed by atoms with Gasteiger partial charge in [-0.2, -0.15) is 4.31 Å². The predicted molar refractivity (Wildman–Crippen MR) is 116 cm³/mol. The van der Waals surface area contributed by atoms with Gasteiger partial charge in [-0.25, -0.2) is 13.4 Å². The van der Waals surface area contributed by atoms with Gasteiger partial charge in [0.25, 0.3) is 11.5 Å². The van der Waals surface area contributed by atoms with Crippen LogP contribution in [0.25, 0.3) is 4.96 Å². The SMILES string of the molecule is Cc1cc(=O)n2c(CCNC(=O)c3ccc(S(=O)(=O)N4CCOCC4)cc3)csc2n1. The van der Waals surface area contributed by atoms with E-state index in [1.165, 1.54) is 46.0 Å². The minimum atomic E-state index is -3.59. The number of aromatic nitrogens is 2. The van der Waals surface area contributed by atoms with E-state index < -0.39 is 10.0 Å². The fourth-order valence-corrected chi connectivity index (χ4v) is 5.76. The minimum absolute atomic E-state index is 0.137. The lowest BCUT2D eigenvalue weighted by atomic mass is 10.2. The smallest absolute Gasteiger partial charge is 0.258 e. The zero-order valence-electron chi connectivity index (χ0n) is 16.9. The summed E-state index contributed by atoms with van der Waals surface area (Å²) >= 11 is 1.38. The fraction of sp³-hybridized carbons (Fsp3) is 0.350. The lowest BCUT2D eigenvalue weighted by Crippen LogP contribution is -2.40. The maximum Gasteiger partial charge on any atom is 0.258 e. The van der Waals surface area contributed by atoms with Crippen molar-refractivity contribution < 1.29 is 17.9 Å². The highest BCUT2D eigenvalue weighted by Gasteiger charge is 2.26. The molecule has 0 atom stereocenters. The third kappa shape index (κ3) is 4.54. The summed E-state index contributed by atoms with van der Waals surface area (Å²) in [5.41, 5.74) is 1.68. The van der Waals surface area contributed by atoms with E-state index in [-0.39, 0.29) is 16.4 Å². The van der Waals surface area contributed by atoms with Gasteiger partial charge in [0, 0.05) is 54.5 Å². The predicted octanol–water partition coefficient (Wildman–Crippen LogP) is 1.06.